The van der Waals surface area contributed by atoms with E-state index >= 15 is 0 Å². The van der Waals surface area contributed by atoms with Crippen LogP contribution in [-0.2, 0) is 21.1 Å². The van der Waals surface area contributed by atoms with E-state index < -0.39 is 9.84 Å². The number of carbonyl (C=O) groups is 1. The van der Waals surface area contributed by atoms with Crippen LogP contribution < -0.4 is 5.32 Å². The third-order valence-corrected chi connectivity index (χ3v) is 4.98. The van der Waals surface area contributed by atoms with Crippen LogP contribution in [0, 0.1) is 0 Å². The molecule has 0 radical (unpaired) electrons. The van der Waals surface area contributed by atoms with Gasteiger partial charge in [-0.05, 0) is 24.5 Å². The van der Waals surface area contributed by atoms with Gasteiger partial charge in [0, 0.05) is 12.5 Å². The van der Waals surface area contributed by atoms with Crippen LogP contribution in [0.4, 0.5) is 0 Å². The van der Waals surface area contributed by atoms with Crippen LogP contribution in [0.15, 0.2) is 24.3 Å². The third-order valence-electron chi connectivity index (χ3n) is 3.21. The van der Waals surface area contributed by atoms with Gasteiger partial charge >= 0.3 is 0 Å². The molecule has 2 rings (SSSR count). The molecule has 1 aliphatic heterocycles. The summed E-state index contributed by atoms with van der Waals surface area (Å²) in [6.07, 6.45) is 1.18. The number of phenols is 1. The summed E-state index contributed by atoms with van der Waals surface area (Å²) in [7, 11) is -2.97. The second-order valence-electron chi connectivity index (χ2n) is 4.80. The van der Waals surface area contributed by atoms with E-state index in [0.29, 0.717) is 12.8 Å². The lowest BCUT2D eigenvalue weighted by atomic mass is 10.1. The zero-order valence-electron chi connectivity index (χ0n) is 10.5. The van der Waals surface area contributed by atoms with Crippen molar-refractivity contribution < 1.29 is 18.3 Å². The Morgan fingerprint density at radius 1 is 1.37 bits per heavy atom. The summed E-state index contributed by atoms with van der Waals surface area (Å²) >= 11 is 0. The second-order valence-corrected chi connectivity index (χ2v) is 7.02. The van der Waals surface area contributed by atoms with E-state index in [0.717, 1.165) is 5.56 Å². The molecule has 0 aliphatic carbocycles. The molecule has 6 heteroatoms. The fourth-order valence-corrected chi connectivity index (χ4v) is 3.85. The van der Waals surface area contributed by atoms with Gasteiger partial charge < -0.3 is 10.4 Å². The van der Waals surface area contributed by atoms with Gasteiger partial charge in [0.05, 0.1) is 11.5 Å². The molecule has 0 bridgehead atoms. The first-order chi connectivity index (χ1) is 8.96. The van der Waals surface area contributed by atoms with Crippen molar-refractivity contribution in [3.05, 3.63) is 29.8 Å². The molecule has 1 aromatic carbocycles. The first-order valence-electron chi connectivity index (χ1n) is 6.23. The molecular weight excluding hydrogens is 266 g/mol. The fourth-order valence-electron chi connectivity index (χ4n) is 2.18. The number of para-hydroxylation sites is 1. The van der Waals surface area contributed by atoms with E-state index in [-0.39, 0.29) is 35.6 Å². The molecule has 1 aliphatic rings. The summed E-state index contributed by atoms with van der Waals surface area (Å²) in [4.78, 5) is 11.7. The van der Waals surface area contributed by atoms with E-state index in [2.05, 4.69) is 5.32 Å². The maximum absolute atomic E-state index is 11.7. The van der Waals surface area contributed by atoms with Crippen LogP contribution in [0.3, 0.4) is 0 Å². The third kappa shape index (κ3) is 3.96. The smallest absolute Gasteiger partial charge is 0.220 e. The predicted molar refractivity (Wildman–Crippen MR) is 71.6 cm³/mol. The number of rotatable bonds is 4. The minimum Gasteiger partial charge on any atom is -0.508 e. The number of carbonyl (C=O) groups excluding carboxylic acids is 1. The van der Waals surface area contributed by atoms with Gasteiger partial charge in [-0.15, -0.1) is 0 Å². The Labute approximate surface area is 112 Å². The first-order valence-corrected chi connectivity index (χ1v) is 8.05. The Kier molecular flexibility index (Phi) is 4.09. The van der Waals surface area contributed by atoms with Crippen molar-refractivity contribution in [3.8, 4) is 5.75 Å². The van der Waals surface area contributed by atoms with Crippen molar-refractivity contribution in [2.45, 2.75) is 25.3 Å². The summed E-state index contributed by atoms with van der Waals surface area (Å²) < 4.78 is 22.5. The van der Waals surface area contributed by atoms with E-state index in [9.17, 15) is 18.3 Å². The molecular formula is C13H17NO4S. The molecule has 1 atom stereocenters. The van der Waals surface area contributed by atoms with Gasteiger partial charge in [-0.25, -0.2) is 8.42 Å². The largest absolute Gasteiger partial charge is 0.508 e. The molecule has 1 heterocycles. The first kappa shape index (κ1) is 13.9. The number of sulfone groups is 1. The van der Waals surface area contributed by atoms with Crippen molar-refractivity contribution in [1.82, 2.24) is 5.32 Å². The molecule has 0 aromatic heterocycles. The molecule has 0 saturated carbocycles. The van der Waals surface area contributed by atoms with Crippen LogP contribution in [0.25, 0.3) is 0 Å². The van der Waals surface area contributed by atoms with Crippen LogP contribution in [0.5, 0.6) is 5.75 Å². The number of aryl methyl sites for hydroxylation is 1. The van der Waals surface area contributed by atoms with Gasteiger partial charge in [0.25, 0.3) is 0 Å². The molecule has 1 unspecified atom stereocenters. The summed E-state index contributed by atoms with van der Waals surface area (Å²) in [5, 5.41) is 12.3. The van der Waals surface area contributed by atoms with Crippen molar-refractivity contribution in [2.24, 2.45) is 0 Å². The Morgan fingerprint density at radius 2 is 2.11 bits per heavy atom. The van der Waals surface area contributed by atoms with E-state index in [4.69, 9.17) is 0 Å². The van der Waals surface area contributed by atoms with Gasteiger partial charge in [-0.3, -0.25) is 4.79 Å². The molecule has 1 aromatic rings. The van der Waals surface area contributed by atoms with Crippen LogP contribution in [-0.4, -0.2) is 37.0 Å². The number of phenolic OH excluding ortho intramolecular Hbond substituents is 1. The molecule has 5 nitrogen and oxygen atoms in total. The van der Waals surface area contributed by atoms with Gasteiger partial charge in [0.2, 0.25) is 5.91 Å². The average Bonchev–Trinajstić information content (AvgIpc) is 2.67. The minimum atomic E-state index is -2.97. The Balaban J connectivity index is 1.81. The van der Waals surface area contributed by atoms with Crippen LogP contribution >= 0.6 is 0 Å². The number of hydrogen-bond donors (Lipinski definition) is 2. The van der Waals surface area contributed by atoms with Crippen LogP contribution in [0.1, 0.15) is 18.4 Å². The lowest BCUT2D eigenvalue weighted by Crippen LogP contribution is -2.35. The van der Waals surface area contributed by atoms with Gasteiger partial charge in [0.15, 0.2) is 9.84 Å². The number of hydrogen-bond acceptors (Lipinski definition) is 4. The van der Waals surface area contributed by atoms with Crippen molar-refractivity contribution in [2.75, 3.05) is 11.5 Å². The number of benzene rings is 1. The van der Waals surface area contributed by atoms with Crippen molar-refractivity contribution in [1.29, 1.82) is 0 Å². The standard InChI is InChI=1S/C13H17NO4S/c15-12-4-2-1-3-10(12)5-6-13(16)14-11-7-8-19(17,18)9-11/h1-4,11,15H,5-9H2,(H,14,16). The monoisotopic (exact) mass is 283 g/mol. The molecule has 1 amide bonds. The lowest BCUT2D eigenvalue weighted by molar-refractivity contribution is -0.121. The molecule has 1 saturated heterocycles. The minimum absolute atomic E-state index is 0.0370. The highest BCUT2D eigenvalue weighted by Gasteiger charge is 2.28. The molecule has 104 valence electrons. The van der Waals surface area contributed by atoms with E-state index in [1.165, 1.54) is 0 Å². The number of aromatic hydroxyl groups is 1. The quantitative estimate of drug-likeness (QED) is 0.849. The SMILES string of the molecule is O=C(CCc1ccccc1O)NC1CCS(=O)(=O)C1. The summed E-state index contributed by atoms with van der Waals surface area (Å²) in [5.74, 6) is 0.191. The highest BCUT2D eigenvalue weighted by atomic mass is 32.2. The number of nitrogens with one attached hydrogen (secondary N) is 1. The maximum atomic E-state index is 11.7. The molecule has 0 spiro atoms. The number of amides is 1. The highest BCUT2D eigenvalue weighted by Crippen LogP contribution is 2.17. The highest BCUT2D eigenvalue weighted by molar-refractivity contribution is 7.91. The van der Waals surface area contributed by atoms with E-state index in [1.54, 1.807) is 24.3 Å². The normalized spacial score (nSPS) is 21.2. The van der Waals surface area contributed by atoms with Gasteiger partial charge in [0.1, 0.15) is 5.75 Å². The average molecular weight is 283 g/mol. The Morgan fingerprint density at radius 3 is 2.74 bits per heavy atom. The van der Waals surface area contributed by atoms with E-state index in [1.807, 2.05) is 0 Å². The topological polar surface area (TPSA) is 83.5 Å². The Bertz CT molecular complexity index is 568. The maximum Gasteiger partial charge on any atom is 0.220 e. The zero-order valence-corrected chi connectivity index (χ0v) is 11.3. The molecule has 19 heavy (non-hydrogen) atoms. The summed E-state index contributed by atoms with van der Waals surface area (Å²) in [5.41, 5.74) is 0.719. The Hall–Kier alpha value is -1.56. The zero-order chi connectivity index (χ0) is 13.9. The lowest BCUT2D eigenvalue weighted by Gasteiger charge is -2.11. The summed E-state index contributed by atoms with van der Waals surface area (Å²) in [6.45, 7) is 0. The summed E-state index contributed by atoms with van der Waals surface area (Å²) in [6, 6.07) is 6.61. The van der Waals surface area contributed by atoms with Crippen molar-refractivity contribution in [3.63, 3.8) is 0 Å². The van der Waals surface area contributed by atoms with Gasteiger partial charge in [-0.1, -0.05) is 18.2 Å². The predicted octanol–water partition coefficient (Wildman–Crippen LogP) is 0.628. The molecule has 2 N–H and O–H groups in total. The molecule has 1 fully saturated rings. The van der Waals surface area contributed by atoms with Crippen molar-refractivity contribution >= 4 is 15.7 Å². The van der Waals surface area contributed by atoms with Gasteiger partial charge in [-0.2, -0.15) is 0 Å². The fraction of sp³-hybridized carbons (Fsp3) is 0.462. The van der Waals surface area contributed by atoms with Crippen LogP contribution in [0.2, 0.25) is 0 Å². The second kappa shape index (κ2) is 5.61.